The first-order chi connectivity index (χ1) is 13.5. The maximum absolute atomic E-state index is 13.0. The number of hydrogen-bond donors (Lipinski definition) is 2. The van der Waals surface area contributed by atoms with E-state index in [1.807, 2.05) is 0 Å². The molecule has 3 rings (SSSR count). The van der Waals surface area contributed by atoms with E-state index in [1.165, 1.54) is 29.5 Å². The summed E-state index contributed by atoms with van der Waals surface area (Å²) in [7, 11) is -3.41. The molecule has 0 aliphatic carbocycles. The van der Waals surface area contributed by atoms with Crippen molar-refractivity contribution >= 4 is 60.6 Å². The van der Waals surface area contributed by atoms with E-state index in [0.717, 1.165) is 24.1 Å². The Morgan fingerprint density at radius 2 is 1.93 bits per heavy atom. The third kappa shape index (κ3) is 5.84. The number of nitrogens with zero attached hydrogens (tertiary/aromatic N) is 1. The van der Waals surface area contributed by atoms with Crippen LogP contribution in [-0.2, 0) is 21.0 Å². The van der Waals surface area contributed by atoms with Crippen molar-refractivity contribution in [3.8, 4) is 0 Å². The fourth-order valence-corrected chi connectivity index (χ4v) is 4.86. The molecule has 0 radical (unpaired) electrons. The number of hydrogen-bond acceptors (Lipinski definition) is 6. The number of thioether (sulfide) groups is 1. The van der Waals surface area contributed by atoms with Crippen molar-refractivity contribution in [3.63, 3.8) is 0 Å². The summed E-state index contributed by atoms with van der Waals surface area (Å²) in [5.41, 5.74) is -0.197. The molecule has 0 aliphatic heterocycles. The van der Waals surface area contributed by atoms with Gasteiger partial charge in [0.2, 0.25) is 15.9 Å². The molecule has 0 aliphatic rings. The largest absolute Gasteiger partial charge is 0.418 e. The van der Waals surface area contributed by atoms with Crippen molar-refractivity contribution in [1.29, 1.82) is 0 Å². The first-order valence-corrected chi connectivity index (χ1v) is 11.7. The molecule has 1 aromatic heterocycles. The highest BCUT2D eigenvalue weighted by Gasteiger charge is 2.33. The third-order valence-corrected chi connectivity index (χ3v) is 6.27. The van der Waals surface area contributed by atoms with Crippen LogP contribution in [0.2, 0.25) is 0 Å². The molecule has 2 N–H and O–H groups in total. The van der Waals surface area contributed by atoms with Crippen molar-refractivity contribution in [1.82, 2.24) is 4.98 Å². The monoisotopic (exact) mass is 461 g/mol. The van der Waals surface area contributed by atoms with Crippen LogP contribution >= 0.6 is 23.1 Å². The highest BCUT2D eigenvalue weighted by atomic mass is 32.2. The molecule has 29 heavy (non-hydrogen) atoms. The summed E-state index contributed by atoms with van der Waals surface area (Å²) in [6.45, 7) is 0. The molecule has 0 atom stereocenters. The van der Waals surface area contributed by atoms with Crippen molar-refractivity contribution in [2.45, 2.75) is 10.5 Å². The number of rotatable bonds is 6. The quantitative estimate of drug-likeness (QED) is 0.531. The second-order valence-electron chi connectivity index (χ2n) is 5.92. The molecule has 0 fully saturated rings. The predicted molar refractivity (Wildman–Crippen MR) is 109 cm³/mol. The van der Waals surface area contributed by atoms with E-state index < -0.39 is 27.7 Å². The number of sulfonamides is 1. The number of alkyl halides is 3. The summed E-state index contributed by atoms with van der Waals surface area (Å²) >= 11 is 2.33. The van der Waals surface area contributed by atoms with E-state index in [1.54, 1.807) is 18.2 Å². The van der Waals surface area contributed by atoms with Crippen LogP contribution in [0.1, 0.15) is 5.56 Å². The number of benzene rings is 2. The van der Waals surface area contributed by atoms with E-state index in [9.17, 15) is 26.4 Å². The molecule has 154 valence electrons. The van der Waals surface area contributed by atoms with Crippen molar-refractivity contribution in [2.24, 2.45) is 0 Å². The first-order valence-electron chi connectivity index (χ1n) is 7.98. The number of thiazole rings is 1. The third-order valence-electron chi connectivity index (χ3n) is 3.51. The summed E-state index contributed by atoms with van der Waals surface area (Å²) < 4.78 is 65.2. The Bertz CT molecular complexity index is 1160. The van der Waals surface area contributed by atoms with Crippen LogP contribution in [0.15, 0.2) is 46.8 Å². The molecule has 3 aromatic rings. The average Bonchev–Trinajstić information content (AvgIpc) is 3.00. The van der Waals surface area contributed by atoms with Crippen LogP contribution in [0, 0.1) is 0 Å². The number of fused-ring (bicyclic) bond motifs is 1. The lowest BCUT2D eigenvalue weighted by Crippen LogP contribution is -2.18. The van der Waals surface area contributed by atoms with Gasteiger partial charge in [-0.05, 0) is 30.3 Å². The van der Waals surface area contributed by atoms with Crippen LogP contribution in [0.25, 0.3) is 10.2 Å². The number of para-hydroxylation sites is 1. The number of nitrogens with one attached hydrogen (secondary N) is 2. The maximum atomic E-state index is 13.0. The zero-order valence-electron chi connectivity index (χ0n) is 14.8. The van der Waals surface area contributed by atoms with Crippen LogP contribution < -0.4 is 10.0 Å². The summed E-state index contributed by atoms with van der Waals surface area (Å²) in [6.07, 6.45) is -3.53. The molecule has 0 spiro atoms. The molecule has 1 heterocycles. The molecule has 2 aromatic carbocycles. The van der Waals surface area contributed by atoms with Gasteiger partial charge >= 0.3 is 6.18 Å². The fraction of sp³-hybridized carbons (Fsp3) is 0.176. The minimum absolute atomic E-state index is 0.125. The Morgan fingerprint density at radius 3 is 2.62 bits per heavy atom. The van der Waals surface area contributed by atoms with E-state index in [0.29, 0.717) is 20.2 Å². The zero-order chi connectivity index (χ0) is 21.2. The van der Waals surface area contributed by atoms with Crippen LogP contribution in [-0.4, -0.2) is 31.3 Å². The van der Waals surface area contributed by atoms with Gasteiger partial charge in [0, 0.05) is 0 Å². The van der Waals surface area contributed by atoms with Gasteiger partial charge in [0.05, 0.1) is 39.2 Å². The molecule has 6 nitrogen and oxygen atoms in total. The predicted octanol–water partition coefficient (Wildman–Crippen LogP) is 4.42. The summed E-state index contributed by atoms with van der Waals surface area (Å²) in [5, 5.41) is 2.28. The number of aromatic nitrogens is 1. The van der Waals surface area contributed by atoms with E-state index >= 15 is 0 Å². The van der Waals surface area contributed by atoms with Gasteiger partial charge in [-0.2, -0.15) is 13.2 Å². The topological polar surface area (TPSA) is 88.2 Å². The van der Waals surface area contributed by atoms with Crippen molar-refractivity contribution < 1.29 is 26.4 Å². The van der Waals surface area contributed by atoms with Crippen LogP contribution in [0.4, 0.5) is 24.5 Å². The van der Waals surface area contributed by atoms with E-state index in [2.05, 4.69) is 15.0 Å². The van der Waals surface area contributed by atoms with Crippen LogP contribution in [0.3, 0.4) is 0 Å². The average molecular weight is 462 g/mol. The Morgan fingerprint density at radius 1 is 1.21 bits per heavy atom. The van der Waals surface area contributed by atoms with Gasteiger partial charge in [-0.3, -0.25) is 9.52 Å². The normalized spacial score (nSPS) is 12.1. The zero-order valence-corrected chi connectivity index (χ0v) is 17.2. The lowest BCUT2D eigenvalue weighted by atomic mass is 10.1. The lowest BCUT2D eigenvalue weighted by Gasteiger charge is -2.13. The van der Waals surface area contributed by atoms with Gasteiger partial charge in [0.1, 0.15) is 0 Å². The summed E-state index contributed by atoms with van der Waals surface area (Å²) in [5.74, 6) is -0.717. The number of carbonyl (C=O) groups is 1. The van der Waals surface area contributed by atoms with E-state index in [-0.39, 0.29) is 11.4 Å². The van der Waals surface area contributed by atoms with E-state index in [4.69, 9.17) is 0 Å². The summed E-state index contributed by atoms with van der Waals surface area (Å²) in [6, 6.07) is 9.59. The Labute approximate surface area is 172 Å². The second kappa shape index (κ2) is 8.20. The van der Waals surface area contributed by atoms with Gasteiger partial charge in [0.15, 0.2) is 4.34 Å². The highest BCUT2D eigenvalue weighted by Crippen LogP contribution is 2.35. The van der Waals surface area contributed by atoms with Gasteiger partial charge in [0.25, 0.3) is 0 Å². The minimum Gasteiger partial charge on any atom is -0.325 e. The number of amides is 1. The molecule has 0 saturated carbocycles. The molecule has 0 unspecified atom stereocenters. The Hall–Kier alpha value is -2.31. The molecule has 12 heteroatoms. The highest BCUT2D eigenvalue weighted by molar-refractivity contribution is 8.01. The number of halogens is 3. The standard InChI is InChI=1S/C17H14F3N3O3S3/c1-29(25,26)23-10-6-7-13-14(8-10)28-16(22-13)27-9-15(24)21-12-5-3-2-4-11(12)17(18,19)20/h2-8,23H,9H2,1H3,(H,21,24). The van der Waals surface area contributed by atoms with Crippen LogP contribution in [0.5, 0.6) is 0 Å². The molecule has 0 saturated heterocycles. The minimum atomic E-state index is -4.57. The summed E-state index contributed by atoms with van der Waals surface area (Å²) in [4.78, 5) is 16.4. The second-order valence-corrected chi connectivity index (χ2v) is 9.92. The molecule has 1 amide bonds. The number of anilines is 2. The first kappa shape index (κ1) is 21.4. The Kier molecular flexibility index (Phi) is 6.05. The lowest BCUT2D eigenvalue weighted by molar-refractivity contribution is -0.137. The fourth-order valence-electron chi connectivity index (χ4n) is 2.40. The Balaban J connectivity index is 1.67. The van der Waals surface area contributed by atoms with Gasteiger partial charge in [-0.15, -0.1) is 11.3 Å². The van der Waals surface area contributed by atoms with Gasteiger partial charge in [-0.25, -0.2) is 13.4 Å². The molecular weight excluding hydrogens is 447 g/mol. The van der Waals surface area contributed by atoms with Gasteiger partial charge in [-0.1, -0.05) is 23.9 Å². The number of carbonyl (C=O) groups excluding carboxylic acids is 1. The molecular formula is C17H14F3N3O3S3. The van der Waals surface area contributed by atoms with Crippen molar-refractivity contribution in [2.75, 3.05) is 22.0 Å². The molecule has 0 bridgehead atoms. The SMILES string of the molecule is CS(=O)(=O)Nc1ccc2nc(SCC(=O)Nc3ccccc3C(F)(F)F)sc2c1. The smallest absolute Gasteiger partial charge is 0.325 e. The van der Waals surface area contributed by atoms with Crippen molar-refractivity contribution in [3.05, 3.63) is 48.0 Å². The maximum Gasteiger partial charge on any atom is 0.418 e. The van der Waals surface area contributed by atoms with Gasteiger partial charge < -0.3 is 5.32 Å².